The van der Waals surface area contributed by atoms with Gasteiger partial charge in [-0.2, -0.15) is 5.10 Å². The second kappa shape index (κ2) is 4.35. The van der Waals surface area contributed by atoms with Crippen molar-refractivity contribution < 1.29 is 0 Å². The Balaban J connectivity index is 2.77. The van der Waals surface area contributed by atoms with Crippen LogP contribution in [0, 0.1) is 0 Å². The number of hydrazone groups is 1. The minimum Gasteiger partial charge on any atom is -0.388 e. The minimum absolute atomic E-state index is 0.438. The Labute approximate surface area is 77.6 Å². The normalized spacial score (nSPS) is 11.3. The molecule has 0 unspecified atom stereocenters. The van der Waals surface area contributed by atoms with Crippen LogP contribution in [0.1, 0.15) is 5.56 Å². The van der Waals surface area contributed by atoms with Crippen LogP contribution in [0.3, 0.4) is 0 Å². The molecular formula is C9H14N4. The summed E-state index contributed by atoms with van der Waals surface area (Å²) in [6, 6.07) is 7.95. The Hall–Kier alpha value is -1.71. The van der Waals surface area contributed by atoms with E-state index in [1.54, 1.807) is 0 Å². The molecule has 1 rings (SSSR count). The first-order valence-corrected chi connectivity index (χ1v) is 4.05. The van der Waals surface area contributed by atoms with Crippen LogP contribution in [0.4, 0.5) is 5.69 Å². The summed E-state index contributed by atoms with van der Waals surface area (Å²) in [4.78, 5) is 0. The smallest absolute Gasteiger partial charge is 0.123 e. The summed E-state index contributed by atoms with van der Waals surface area (Å²) < 4.78 is 0. The molecule has 0 heterocycles. The van der Waals surface area contributed by atoms with Gasteiger partial charge >= 0.3 is 0 Å². The second-order valence-corrected chi connectivity index (χ2v) is 2.75. The zero-order valence-electron chi connectivity index (χ0n) is 7.62. The van der Waals surface area contributed by atoms with Gasteiger partial charge in [0.1, 0.15) is 5.84 Å². The maximum atomic E-state index is 5.50. The number of rotatable bonds is 3. The average Bonchev–Trinajstić information content (AvgIpc) is 2.18. The van der Waals surface area contributed by atoms with Crippen molar-refractivity contribution in [1.29, 1.82) is 0 Å². The fraction of sp³-hybridized carbons (Fsp3) is 0.222. The third-order valence-electron chi connectivity index (χ3n) is 1.77. The van der Waals surface area contributed by atoms with Crippen LogP contribution in [-0.4, -0.2) is 12.9 Å². The summed E-state index contributed by atoms with van der Waals surface area (Å²) in [5, 5.41) is 6.46. The van der Waals surface area contributed by atoms with Crippen molar-refractivity contribution in [2.45, 2.75) is 6.42 Å². The average molecular weight is 178 g/mol. The molecular weight excluding hydrogens is 164 g/mol. The molecule has 0 aliphatic heterocycles. The van der Waals surface area contributed by atoms with Gasteiger partial charge in [-0.3, -0.25) is 0 Å². The minimum atomic E-state index is 0.438. The van der Waals surface area contributed by atoms with Crippen LogP contribution < -0.4 is 16.9 Å². The summed E-state index contributed by atoms with van der Waals surface area (Å²) in [5.41, 5.74) is 7.65. The number of nitrogens with one attached hydrogen (secondary N) is 1. The van der Waals surface area contributed by atoms with E-state index in [0.29, 0.717) is 12.3 Å². The predicted molar refractivity (Wildman–Crippen MR) is 55.5 cm³/mol. The Morgan fingerprint density at radius 3 is 2.92 bits per heavy atom. The van der Waals surface area contributed by atoms with E-state index in [-0.39, 0.29) is 0 Å². The zero-order valence-corrected chi connectivity index (χ0v) is 7.62. The number of nitrogens with two attached hydrogens (primary N) is 2. The third-order valence-corrected chi connectivity index (χ3v) is 1.77. The molecule has 0 atom stereocenters. The van der Waals surface area contributed by atoms with Gasteiger partial charge in [0.25, 0.3) is 0 Å². The SMILES string of the molecule is CNc1cccc(CC(N)=NN)c1. The molecule has 0 fully saturated rings. The van der Waals surface area contributed by atoms with Crippen LogP contribution in [0.5, 0.6) is 0 Å². The molecule has 0 aromatic heterocycles. The second-order valence-electron chi connectivity index (χ2n) is 2.75. The van der Waals surface area contributed by atoms with Crippen molar-refractivity contribution in [3.63, 3.8) is 0 Å². The molecule has 0 amide bonds. The molecule has 1 aromatic carbocycles. The number of anilines is 1. The molecule has 70 valence electrons. The van der Waals surface area contributed by atoms with Crippen molar-refractivity contribution in [2.75, 3.05) is 12.4 Å². The number of amidine groups is 1. The maximum Gasteiger partial charge on any atom is 0.123 e. The quantitative estimate of drug-likeness (QED) is 0.273. The van der Waals surface area contributed by atoms with Gasteiger partial charge in [-0.15, -0.1) is 0 Å². The molecule has 5 N–H and O–H groups in total. The molecule has 13 heavy (non-hydrogen) atoms. The monoisotopic (exact) mass is 178 g/mol. The van der Waals surface area contributed by atoms with Gasteiger partial charge in [-0.25, -0.2) is 0 Å². The Morgan fingerprint density at radius 2 is 2.31 bits per heavy atom. The summed E-state index contributed by atoms with van der Waals surface area (Å²) in [6.07, 6.45) is 0.589. The van der Waals surface area contributed by atoms with Gasteiger partial charge in [0, 0.05) is 19.2 Å². The molecule has 4 heteroatoms. The fourth-order valence-corrected chi connectivity index (χ4v) is 1.09. The first-order chi connectivity index (χ1) is 6.26. The van der Waals surface area contributed by atoms with Crippen molar-refractivity contribution in [1.82, 2.24) is 0 Å². The van der Waals surface area contributed by atoms with Gasteiger partial charge in [0.05, 0.1) is 0 Å². The van der Waals surface area contributed by atoms with Gasteiger partial charge in [-0.05, 0) is 17.7 Å². The van der Waals surface area contributed by atoms with Gasteiger partial charge < -0.3 is 16.9 Å². The van der Waals surface area contributed by atoms with Crippen LogP contribution in [0.25, 0.3) is 0 Å². The first kappa shape index (κ1) is 9.38. The van der Waals surface area contributed by atoms with Crippen LogP contribution >= 0.6 is 0 Å². The topological polar surface area (TPSA) is 76.4 Å². The third kappa shape index (κ3) is 2.66. The first-order valence-electron chi connectivity index (χ1n) is 4.05. The van der Waals surface area contributed by atoms with E-state index in [1.807, 2.05) is 31.3 Å². The highest BCUT2D eigenvalue weighted by atomic mass is 15.1. The van der Waals surface area contributed by atoms with Gasteiger partial charge in [0.15, 0.2) is 0 Å². The Morgan fingerprint density at radius 1 is 1.54 bits per heavy atom. The summed E-state index contributed by atoms with van der Waals surface area (Å²) in [7, 11) is 1.87. The van der Waals surface area contributed by atoms with Crippen LogP contribution in [0.2, 0.25) is 0 Å². The number of benzene rings is 1. The highest BCUT2D eigenvalue weighted by Crippen LogP contribution is 2.09. The molecule has 1 aromatic rings. The number of hydrogen-bond acceptors (Lipinski definition) is 3. The number of nitrogens with zero attached hydrogens (tertiary/aromatic N) is 1. The molecule has 0 aliphatic carbocycles. The molecule has 4 nitrogen and oxygen atoms in total. The van der Waals surface area contributed by atoms with Crippen molar-refractivity contribution in [2.24, 2.45) is 16.7 Å². The molecule has 0 bridgehead atoms. The fourth-order valence-electron chi connectivity index (χ4n) is 1.09. The summed E-state index contributed by atoms with van der Waals surface area (Å²) in [5.74, 6) is 5.48. The van der Waals surface area contributed by atoms with Crippen LogP contribution in [-0.2, 0) is 6.42 Å². The lowest BCUT2D eigenvalue weighted by atomic mass is 10.1. The maximum absolute atomic E-state index is 5.50. The lowest BCUT2D eigenvalue weighted by Crippen LogP contribution is -2.16. The van der Waals surface area contributed by atoms with Gasteiger partial charge in [-0.1, -0.05) is 12.1 Å². The van der Waals surface area contributed by atoms with E-state index in [1.165, 1.54) is 0 Å². The van der Waals surface area contributed by atoms with E-state index in [2.05, 4.69) is 10.4 Å². The van der Waals surface area contributed by atoms with Crippen molar-refractivity contribution in [3.8, 4) is 0 Å². The van der Waals surface area contributed by atoms with E-state index in [0.717, 1.165) is 11.3 Å². The largest absolute Gasteiger partial charge is 0.388 e. The standard InChI is InChI=1S/C9H14N4/c1-12-8-4-2-3-7(5-8)6-9(10)13-11/h2-5,12H,6,11H2,1H3,(H2,10,13). The predicted octanol–water partition coefficient (Wildman–Crippen LogP) is 0.502. The van der Waals surface area contributed by atoms with E-state index >= 15 is 0 Å². The number of hydrogen-bond donors (Lipinski definition) is 3. The van der Waals surface area contributed by atoms with E-state index in [9.17, 15) is 0 Å². The lowest BCUT2D eigenvalue weighted by Gasteiger charge is -2.03. The zero-order chi connectivity index (χ0) is 9.68. The molecule has 0 radical (unpaired) electrons. The molecule has 0 saturated carbocycles. The van der Waals surface area contributed by atoms with Crippen molar-refractivity contribution in [3.05, 3.63) is 29.8 Å². The highest BCUT2D eigenvalue weighted by molar-refractivity contribution is 5.82. The lowest BCUT2D eigenvalue weighted by molar-refractivity contribution is 1.17. The Bertz CT molecular complexity index is 306. The van der Waals surface area contributed by atoms with E-state index in [4.69, 9.17) is 11.6 Å². The Kier molecular flexibility index (Phi) is 3.14. The van der Waals surface area contributed by atoms with E-state index < -0.39 is 0 Å². The van der Waals surface area contributed by atoms with Crippen LogP contribution in [0.15, 0.2) is 29.4 Å². The molecule has 0 saturated heterocycles. The van der Waals surface area contributed by atoms with Crippen molar-refractivity contribution >= 4 is 11.5 Å². The molecule has 0 aliphatic rings. The van der Waals surface area contributed by atoms with Gasteiger partial charge in [0.2, 0.25) is 0 Å². The highest BCUT2D eigenvalue weighted by Gasteiger charge is 1.97. The molecule has 0 spiro atoms. The summed E-state index contributed by atoms with van der Waals surface area (Å²) >= 11 is 0. The summed E-state index contributed by atoms with van der Waals surface area (Å²) in [6.45, 7) is 0.